The van der Waals surface area contributed by atoms with E-state index in [1.165, 1.54) is 0 Å². The van der Waals surface area contributed by atoms with Gasteiger partial charge in [0.1, 0.15) is 11.9 Å². The number of carbonyl (C=O) groups excluding carboxylic acids is 2. The van der Waals surface area contributed by atoms with Gasteiger partial charge < -0.3 is 10.6 Å². The van der Waals surface area contributed by atoms with Crippen molar-refractivity contribution in [1.29, 1.82) is 0 Å². The summed E-state index contributed by atoms with van der Waals surface area (Å²) in [7, 11) is 0. The van der Waals surface area contributed by atoms with E-state index >= 15 is 0 Å². The number of benzene rings is 1. The Labute approximate surface area is 148 Å². The number of amides is 2. The minimum Gasteiger partial charge on any atom is -0.340 e. The monoisotopic (exact) mass is 339 g/mol. The molecule has 2 rings (SSSR count). The number of nitrogens with zero attached hydrogens (tertiary/aromatic N) is 1. The summed E-state index contributed by atoms with van der Waals surface area (Å²) in [4.78, 5) is 29.4. The third-order valence-corrected chi connectivity index (χ3v) is 3.89. The molecule has 132 valence electrons. The van der Waals surface area contributed by atoms with E-state index in [1.807, 2.05) is 52.0 Å². The molecule has 25 heavy (non-hydrogen) atoms. The minimum absolute atomic E-state index is 0.240. The quantitative estimate of drug-likeness (QED) is 0.846. The lowest BCUT2D eigenvalue weighted by Gasteiger charge is -2.20. The summed E-state index contributed by atoms with van der Waals surface area (Å²) in [6.45, 7) is 7.85. The van der Waals surface area contributed by atoms with Crippen LogP contribution in [0.3, 0.4) is 0 Å². The number of hydrogen-bond donors (Lipinski definition) is 2. The van der Waals surface area contributed by atoms with Crippen molar-refractivity contribution in [2.24, 2.45) is 5.92 Å². The SMILES string of the molecule is Cc1ccnc(NC(=O)C(CC(C)C)NC(=O)c2ccccc2C)c1. The first-order chi connectivity index (χ1) is 11.9. The van der Waals surface area contributed by atoms with Crippen LogP contribution in [0.4, 0.5) is 5.82 Å². The van der Waals surface area contributed by atoms with Gasteiger partial charge in [0.25, 0.3) is 5.91 Å². The number of aromatic nitrogens is 1. The number of hydrogen-bond acceptors (Lipinski definition) is 3. The third-order valence-electron chi connectivity index (χ3n) is 3.89. The van der Waals surface area contributed by atoms with E-state index in [1.54, 1.807) is 18.3 Å². The highest BCUT2D eigenvalue weighted by Crippen LogP contribution is 2.12. The molecule has 0 aliphatic carbocycles. The smallest absolute Gasteiger partial charge is 0.252 e. The van der Waals surface area contributed by atoms with Gasteiger partial charge in [-0.15, -0.1) is 0 Å². The Bertz CT molecular complexity index is 756. The Morgan fingerprint density at radius 2 is 1.84 bits per heavy atom. The summed E-state index contributed by atoms with van der Waals surface area (Å²) in [6.07, 6.45) is 2.20. The average molecular weight is 339 g/mol. The van der Waals surface area contributed by atoms with Crippen LogP contribution >= 0.6 is 0 Å². The van der Waals surface area contributed by atoms with Crippen molar-refractivity contribution in [2.45, 2.75) is 40.2 Å². The van der Waals surface area contributed by atoms with Crippen LogP contribution in [0.25, 0.3) is 0 Å². The van der Waals surface area contributed by atoms with E-state index in [2.05, 4.69) is 15.6 Å². The normalized spacial score (nSPS) is 11.9. The number of rotatable bonds is 6. The highest BCUT2D eigenvalue weighted by Gasteiger charge is 2.23. The molecule has 1 atom stereocenters. The second-order valence-electron chi connectivity index (χ2n) is 6.68. The molecule has 0 saturated heterocycles. The molecule has 0 spiro atoms. The third kappa shape index (κ3) is 5.41. The van der Waals surface area contributed by atoms with Gasteiger partial charge in [0.15, 0.2) is 0 Å². The lowest BCUT2D eigenvalue weighted by Crippen LogP contribution is -2.44. The van der Waals surface area contributed by atoms with Crippen molar-refractivity contribution in [3.63, 3.8) is 0 Å². The van der Waals surface area contributed by atoms with Crippen LogP contribution in [0.2, 0.25) is 0 Å². The first kappa shape index (κ1) is 18.6. The Morgan fingerprint density at radius 3 is 2.48 bits per heavy atom. The van der Waals surface area contributed by atoms with Crippen LogP contribution in [0.5, 0.6) is 0 Å². The van der Waals surface area contributed by atoms with Crippen molar-refractivity contribution < 1.29 is 9.59 Å². The lowest BCUT2D eigenvalue weighted by atomic mass is 10.0. The molecule has 0 fully saturated rings. The summed E-state index contributed by atoms with van der Waals surface area (Å²) in [5.74, 6) is 0.257. The molecule has 0 aliphatic heterocycles. The number of carbonyl (C=O) groups is 2. The summed E-state index contributed by atoms with van der Waals surface area (Å²) in [6, 6.07) is 10.4. The first-order valence-electron chi connectivity index (χ1n) is 8.47. The second-order valence-corrected chi connectivity index (χ2v) is 6.68. The van der Waals surface area contributed by atoms with E-state index in [-0.39, 0.29) is 17.7 Å². The molecule has 1 aromatic heterocycles. The molecular formula is C20H25N3O2. The van der Waals surface area contributed by atoms with Crippen LogP contribution in [0.15, 0.2) is 42.6 Å². The zero-order valence-corrected chi connectivity index (χ0v) is 15.2. The summed E-state index contributed by atoms with van der Waals surface area (Å²) in [5.41, 5.74) is 2.47. The molecule has 1 aromatic carbocycles. The molecule has 5 heteroatoms. The summed E-state index contributed by atoms with van der Waals surface area (Å²) >= 11 is 0. The van der Waals surface area contributed by atoms with E-state index in [0.29, 0.717) is 17.8 Å². The molecule has 0 saturated carbocycles. The standard InChI is InChI=1S/C20H25N3O2/c1-13(2)11-17(20(25)23-18-12-14(3)9-10-21-18)22-19(24)16-8-6-5-7-15(16)4/h5-10,12-13,17H,11H2,1-4H3,(H,22,24)(H,21,23,25). The van der Waals surface area contributed by atoms with E-state index in [9.17, 15) is 9.59 Å². The number of anilines is 1. The van der Waals surface area contributed by atoms with Crippen LogP contribution in [0, 0.1) is 19.8 Å². The van der Waals surface area contributed by atoms with Gasteiger partial charge in [-0.05, 0) is 55.5 Å². The number of pyridine rings is 1. The summed E-state index contributed by atoms with van der Waals surface area (Å²) < 4.78 is 0. The number of nitrogens with one attached hydrogen (secondary N) is 2. The van der Waals surface area contributed by atoms with Crippen molar-refractivity contribution >= 4 is 17.6 Å². The maximum absolute atomic E-state index is 12.6. The maximum atomic E-state index is 12.6. The molecule has 0 aliphatic rings. The van der Waals surface area contributed by atoms with Gasteiger partial charge >= 0.3 is 0 Å². The van der Waals surface area contributed by atoms with Gasteiger partial charge in [-0.1, -0.05) is 32.0 Å². The fourth-order valence-electron chi connectivity index (χ4n) is 2.58. The Balaban J connectivity index is 2.13. The minimum atomic E-state index is -0.616. The van der Waals surface area contributed by atoms with Gasteiger partial charge in [-0.2, -0.15) is 0 Å². The zero-order chi connectivity index (χ0) is 18.4. The predicted octanol–water partition coefficient (Wildman–Crippen LogP) is 3.48. The van der Waals surface area contributed by atoms with Crippen LogP contribution in [-0.2, 0) is 4.79 Å². The first-order valence-corrected chi connectivity index (χ1v) is 8.47. The van der Waals surface area contributed by atoms with Crippen molar-refractivity contribution in [3.8, 4) is 0 Å². The molecule has 2 aromatic rings. The van der Waals surface area contributed by atoms with Gasteiger partial charge in [-0.3, -0.25) is 9.59 Å². The largest absolute Gasteiger partial charge is 0.340 e. The lowest BCUT2D eigenvalue weighted by molar-refractivity contribution is -0.118. The topological polar surface area (TPSA) is 71.1 Å². The van der Waals surface area contributed by atoms with Gasteiger partial charge in [0.05, 0.1) is 0 Å². The molecule has 1 unspecified atom stereocenters. The van der Waals surface area contributed by atoms with Gasteiger partial charge in [0, 0.05) is 11.8 Å². The van der Waals surface area contributed by atoms with E-state index in [4.69, 9.17) is 0 Å². The van der Waals surface area contributed by atoms with Gasteiger partial charge in [0.2, 0.25) is 5.91 Å². The average Bonchev–Trinajstić information content (AvgIpc) is 2.54. The number of aryl methyl sites for hydroxylation is 2. The summed E-state index contributed by atoms with van der Waals surface area (Å²) in [5, 5.41) is 5.66. The molecule has 2 amide bonds. The predicted molar refractivity (Wildman–Crippen MR) is 99.5 cm³/mol. The molecule has 0 bridgehead atoms. The van der Waals surface area contributed by atoms with Crippen LogP contribution in [-0.4, -0.2) is 22.8 Å². The van der Waals surface area contributed by atoms with E-state index < -0.39 is 6.04 Å². The second kappa shape index (κ2) is 8.42. The Hall–Kier alpha value is -2.69. The maximum Gasteiger partial charge on any atom is 0.252 e. The van der Waals surface area contributed by atoms with Crippen molar-refractivity contribution in [1.82, 2.24) is 10.3 Å². The fraction of sp³-hybridized carbons (Fsp3) is 0.350. The molecule has 0 radical (unpaired) electrons. The molecule has 1 heterocycles. The van der Waals surface area contributed by atoms with Gasteiger partial charge in [-0.25, -0.2) is 4.98 Å². The van der Waals surface area contributed by atoms with Crippen molar-refractivity contribution in [2.75, 3.05) is 5.32 Å². The van der Waals surface area contributed by atoms with E-state index in [0.717, 1.165) is 11.1 Å². The Kier molecular flexibility index (Phi) is 6.28. The molecule has 2 N–H and O–H groups in total. The highest BCUT2D eigenvalue weighted by molar-refractivity contribution is 6.01. The van der Waals surface area contributed by atoms with Crippen LogP contribution < -0.4 is 10.6 Å². The highest BCUT2D eigenvalue weighted by atomic mass is 16.2. The zero-order valence-electron chi connectivity index (χ0n) is 15.2. The Morgan fingerprint density at radius 1 is 1.12 bits per heavy atom. The molecular weight excluding hydrogens is 314 g/mol. The fourth-order valence-corrected chi connectivity index (χ4v) is 2.58. The molecule has 5 nitrogen and oxygen atoms in total. The van der Waals surface area contributed by atoms with Crippen molar-refractivity contribution in [3.05, 3.63) is 59.3 Å². The van der Waals surface area contributed by atoms with Crippen LogP contribution in [0.1, 0.15) is 41.8 Å².